The molecule has 0 bridgehead atoms. The van der Waals surface area contributed by atoms with Crippen molar-refractivity contribution in [3.8, 4) is 11.5 Å². The second-order valence-electron chi connectivity index (χ2n) is 6.33. The number of carbonyl (C=O) groups is 2. The number of rotatable bonds is 2. The Bertz CT molecular complexity index is 783. The van der Waals surface area contributed by atoms with Crippen LogP contribution >= 0.6 is 0 Å². The first kappa shape index (κ1) is 21.6. The third-order valence-electron chi connectivity index (χ3n) is 4.37. The molecule has 0 unspecified atom stereocenters. The quantitative estimate of drug-likeness (QED) is 0.642. The number of benzene rings is 1. The smallest absolute Gasteiger partial charge is 0.342 e. The van der Waals surface area contributed by atoms with Crippen LogP contribution in [0.3, 0.4) is 0 Å². The summed E-state index contributed by atoms with van der Waals surface area (Å²) in [5.41, 5.74) is 0.217. The van der Waals surface area contributed by atoms with Crippen LogP contribution in [-0.4, -0.2) is 65.7 Å². The molecule has 1 aromatic rings. The van der Waals surface area contributed by atoms with Crippen molar-refractivity contribution >= 4 is 17.8 Å². The predicted molar refractivity (Wildman–Crippen MR) is 100 cm³/mol. The molecule has 0 aliphatic carbocycles. The van der Waals surface area contributed by atoms with Gasteiger partial charge in [-0.2, -0.15) is 0 Å². The van der Waals surface area contributed by atoms with Crippen LogP contribution in [0, 0.1) is 0 Å². The zero-order valence-electron chi connectivity index (χ0n) is 15.9. The maximum atomic E-state index is 12.7. The van der Waals surface area contributed by atoms with Crippen LogP contribution in [0.2, 0.25) is 0 Å². The van der Waals surface area contributed by atoms with Gasteiger partial charge in [-0.1, -0.05) is 12.2 Å². The summed E-state index contributed by atoms with van der Waals surface area (Å²) >= 11 is 0. The second-order valence-corrected chi connectivity index (χ2v) is 6.33. The van der Waals surface area contributed by atoms with Gasteiger partial charge in [-0.25, -0.2) is 4.79 Å². The van der Waals surface area contributed by atoms with Crippen molar-refractivity contribution in [3.63, 3.8) is 0 Å². The minimum absolute atomic E-state index is 0.0582. The van der Waals surface area contributed by atoms with Crippen LogP contribution in [0.25, 0.3) is 6.08 Å². The standard InChI is InChI=1S/C20H24O8/c1-11-17(27-3)8-7-15(22)19(24)14(21)6-4-5-12-9-13(26-2)10-16(23)18(12)20(25)28-11/h4-5,7-11,14,17,19,21,23-24H,6H2,1-3H3/b5-4+,8-7-/t11-,14-,17+,19-/m0/s1. The molecule has 4 atom stereocenters. The lowest BCUT2D eigenvalue weighted by molar-refractivity contribution is -0.127. The molecular weight excluding hydrogens is 368 g/mol. The number of cyclic esters (lactones) is 1. The van der Waals surface area contributed by atoms with Gasteiger partial charge in [-0.05, 0) is 37.1 Å². The molecule has 0 saturated carbocycles. The topological polar surface area (TPSA) is 123 Å². The number of aliphatic hydroxyl groups excluding tert-OH is 2. The molecule has 0 fully saturated rings. The molecule has 28 heavy (non-hydrogen) atoms. The number of ether oxygens (including phenoxy) is 3. The first-order valence-corrected chi connectivity index (χ1v) is 8.68. The van der Waals surface area contributed by atoms with Gasteiger partial charge < -0.3 is 29.5 Å². The lowest BCUT2D eigenvalue weighted by Gasteiger charge is -2.21. The number of hydrogen-bond donors (Lipinski definition) is 3. The number of hydrogen-bond acceptors (Lipinski definition) is 8. The summed E-state index contributed by atoms with van der Waals surface area (Å²) in [4.78, 5) is 24.7. The van der Waals surface area contributed by atoms with Gasteiger partial charge in [0.1, 0.15) is 35.4 Å². The molecule has 1 aliphatic rings. The van der Waals surface area contributed by atoms with Gasteiger partial charge in [0.05, 0.1) is 13.2 Å². The first-order chi connectivity index (χ1) is 13.3. The number of fused-ring (bicyclic) bond motifs is 1. The van der Waals surface area contributed by atoms with Crippen molar-refractivity contribution in [2.24, 2.45) is 0 Å². The fourth-order valence-corrected chi connectivity index (χ4v) is 2.76. The molecule has 2 rings (SSSR count). The highest BCUT2D eigenvalue weighted by Gasteiger charge is 2.26. The van der Waals surface area contributed by atoms with Crippen molar-refractivity contribution in [2.45, 2.75) is 37.8 Å². The summed E-state index contributed by atoms with van der Waals surface area (Å²) < 4.78 is 15.7. The van der Waals surface area contributed by atoms with Gasteiger partial charge in [-0.15, -0.1) is 0 Å². The summed E-state index contributed by atoms with van der Waals surface area (Å²) in [6.07, 6.45) is 0.774. The summed E-state index contributed by atoms with van der Waals surface area (Å²) in [7, 11) is 2.78. The summed E-state index contributed by atoms with van der Waals surface area (Å²) in [5.74, 6) is -1.50. The van der Waals surface area contributed by atoms with Crippen LogP contribution < -0.4 is 4.74 Å². The van der Waals surface area contributed by atoms with Crippen LogP contribution in [0.4, 0.5) is 0 Å². The Morgan fingerprint density at radius 1 is 1.14 bits per heavy atom. The average molecular weight is 392 g/mol. The Hall–Kier alpha value is -2.68. The van der Waals surface area contributed by atoms with Crippen molar-refractivity contribution in [2.75, 3.05) is 14.2 Å². The highest BCUT2D eigenvalue weighted by Crippen LogP contribution is 2.30. The summed E-state index contributed by atoms with van der Waals surface area (Å²) in [6.45, 7) is 1.56. The number of ketones is 1. The van der Waals surface area contributed by atoms with Gasteiger partial charge in [0.2, 0.25) is 0 Å². The van der Waals surface area contributed by atoms with Crippen LogP contribution in [0.15, 0.2) is 30.4 Å². The SMILES string of the molecule is COc1cc(O)c2c(c1)/C=C/C[C@H](O)[C@H](O)C(=O)/C=C\[C@@H](OC)[C@H](C)OC2=O. The Labute approximate surface area is 162 Å². The third-order valence-corrected chi connectivity index (χ3v) is 4.37. The van der Waals surface area contributed by atoms with E-state index in [2.05, 4.69) is 0 Å². The third kappa shape index (κ3) is 4.98. The van der Waals surface area contributed by atoms with E-state index in [1.165, 1.54) is 44.6 Å². The van der Waals surface area contributed by atoms with Crippen LogP contribution in [0.1, 0.15) is 29.3 Å². The fourth-order valence-electron chi connectivity index (χ4n) is 2.76. The fraction of sp³-hybridized carbons (Fsp3) is 0.400. The van der Waals surface area contributed by atoms with E-state index in [-0.39, 0.29) is 17.7 Å². The summed E-state index contributed by atoms with van der Waals surface area (Å²) in [6, 6.07) is 2.80. The highest BCUT2D eigenvalue weighted by atomic mass is 16.6. The molecule has 8 heteroatoms. The normalized spacial score (nSPS) is 28.6. The first-order valence-electron chi connectivity index (χ1n) is 8.68. The van der Waals surface area contributed by atoms with E-state index in [0.29, 0.717) is 11.3 Å². The van der Waals surface area contributed by atoms with E-state index in [1.807, 2.05) is 0 Å². The van der Waals surface area contributed by atoms with Gasteiger partial charge in [-0.3, -0.25) is 4.79 Å². The Balaban J connectivity index is 2.52. The largest absolute Gasteiger partial charge is 0.507 e. The predicted octanol–water partition coefficient (Wildman–Crippen LogP) is 1.23. The minimum Gasteiger partial charge on any atom is -0.507 e. The lowest BCUT2D eigenvalue weighted by atomic mass is 10.0. The molecule has 0 saturated heterocycles. The molecule has 3 N–H and O–H groups in total. The van der Waals surface area contributed by atoms with Gasteiger partial charge in [0.15, 0.2) is 5.78 Å². The van der Waals surface area contributed by atoms with E-state index in [1.54, 1.807) is 6.92 Å². The van der Waals surface area contributed by atoms with E-state index in [9.17, 15) is 24.9 Å². The average Bonchev–Trinajstić information content (AvgIpc) is 2.66. The highest BCUT2D eigenvalue weighted by molar-refractivity contribution is 5.97. The molecular formula is C20H24O8. The summed E-state index contributed by atoms with van der Waals surface area (Å²) in [5, 5.41) is 30.3. The lowest BCUT2D eigenvalue weighted by Crippen LogP contribution is -2.33. The Morgan fingerprint density at radius 3 is 2.50 bits per heavy atom. The molecule has 152 valence electrons. The zero-order valence-corrected chi connectivity index (χ0v) is 15.9. The van der Waals surface area contributed by atoms with Gasteiger partial charge >= 0.3 is 5.97 Å². The molecule has 1 aromatic carbocycles. The molecule has 0 amide bonds. The Kier molecular flexibility index (Phi) is 7.33. The Morgan fingerprint density at radius 2 is 1.86 bits per heavy atom. The van der Waals surface area contributed by atoms with E-state index in [0.717, 1.165) is 6.08 Å². The van der Waals surface area contributed by atoms with E-state index < -0.39 is 36.2 Å². The molecule has 1 heterocycles. The number of aliphatic hydroxyl groups is 2. The second kappa shape index (κ2) is 9.50. The number of methoxy groups -OCH3 is 2. The maximum absolute atomic E-state index is 12.7. The van der Waals surface area contributed by atoms with Crippen LogP contribution in [-0.2, 0) is 14.3 Å². The number of esters is 1. The number of phenols is 1. The van der Waals surface area contributed by atoms with Gasteiger partial charge in [0.25, 0.3) is 0 Å². The van der Waals surface area contributed by atoms with Crippen molar-refractivity contribution in [1.29, 1.82) is 0 Å². The minimum atomic E-state index is -1.61. The van der Waals surface area contributed by atoms with Crippen molar-refractivity contribution in [1.82, 2.24) is 0 Å². The molecule has 0 radical (unpaired) electrons. The van der Waals surface area contributed by atoms with Crippen molar-refractivity contribution in [3.05, 3.63) is 41.5 Å². The zero-order chi connectivity index (χ0) is 20.8. The maximum Gasteiger partial charge on any atom is 0.342 e. The number of aromatic hydroxyl groups is 1. The number of carbonyl (C=O) groups excluding carboxylic acids is 2. The molecule has 8 nitrogen and oxygen atoms in total. The van der Waals surface area contributed by atoms with E-state index in [4.69, 9.17) is 14.2 Å². The van der Waals surface area contributed by atoms with E-state index >= 15 is 0 Å². The molecule has 0 spiro atoms. The van der Waals surface area contributed by atoms with Crippen LogP contribution in [0.5, 0.6) is 11.5 Å². The molecule has 1 aliphatic heterocycles. The number of phenolic OH excluding ortho intramolecular Hbond substituents is 1. The molecule has 0 aromatic heterocycles. The van der Waals surface area contributed by atoms with Gasteiger partial charge in [0, 0.05) is 13.2 Å². The monoisotopic (exact) mass is 392 g/mol. The van der Waals surface area contributed by atoms with Crippen molar-refractivity contribution < 1.29 is 39.1 Å².